The number of nitro groups is 1. The summed E-state index contributed by atoms with van der Waals surface area (Å²) in [5, 5.41) is 15.1. The Bertz CT molecular complexity index is 1690. The van der Waals surface area contributed by atoms with Crippen molar-refractivity contribution < 1.29 is 9.66 Å². The first-order valence-electron chi connectivity index (χ1n) is 12.9. The van der Waals surface area contributed by atoms with E-state index in [0.29, 0.717) is 5.11 Å². The second kappa shape index (κ2) is 11.4. The van der Waals surface area contributed by atoms with E-state index in [9.17, 15) is 10.1 Å². The monoisotopic (exact) mass is 579 g/mol. The van der Waals surface area contributed by atoms with E-state index in [4.69, 9.17) is 17.0 Å². The molecule has 6 rings (SSSR count). The number of thiocarbonyl (C=S) groups is 1. The van der Waals surface area contributed by atoms with Gasteiger partial charge in [0.1, 0.15) is 11.8 Å². The number of hydrogen-bond donors (Lipinski definition) is 1. The van der Waals surface area contributed by atoms with Crippen molar-refractivity contribution >= 4 is 40.5 Å². The topological polar surface area (TPSA) is 85.5 Å². The van der Waals surface area contributed by atoms with Gasteiger partial charge in [-0.1, -0.05) is 30.0 Å². The van der Waals surface area contributed by atoms with Crippen molar-refractivity contribution in [3.8, 4) is 11.4 Å². The highest BCUT2D eigenvalue weighted by molar-refractivity contribution is 7.99. The molecule has 0 amide bonds. The van der Waals surface area contributed by atoms with Crippen LogP contribution in [0.5, 0.6) is 5.75 Å². The molecule has 3 aromatic carbocycles. The molecule has 204 valence electrons. The molecule has 10 heteroatoms. The Hall–Kier alpha value is -4.67. The lowest BCUT2D eigenvalue weighted by Crippen LogP contribution is -2.30. The van der Waals surface area contributed by atoms with Gasteiger partial charge in [-0.2, -0.15) is 0 Å². The van der Waals surface area contributed by atoms with E-state index in [1.54, 1.807) is 37.2 Å². The SMILES string of the molecule is COc1ccccc1-n1cccc1[C@H]1[C@H](c2ccccn2)NC(=S)N1c1ccc(Sc2ccc([N+](=O)[O-])cc2)cc1. The number of para-hydroxylation sites is 2. The quantitative estimate of drug-likeness (QED) is 0.118. The second-order valence-corrected chi connectivity index (χ2v) is 10.9. The Kier molecular flexibility index (Phi) is 7.41. The molecular formula is C31H25N5O3S2. The summed E-state index contributed by atoms with van der Waals surface area (Å²) in [5.41, 5.74) is 3.86. The molecule has 1 N–H and O–H groups in total. The number of hydrogen-bond acceptors (Lipinski definition) is 6. The van der Waals surface area contributed by atoms with Crippen LogP contribution in [0.2, 0.25) is 0 Å². The van der Waals surface area contributed by atoms with E-state index < -0.39 is 4.92 Å². The molecule has 0 aliphatic carbocycles. The van der Waals surface area contributed by atoms with E-state index in [1.165, 1.54) is 12.1 Å². The summed E-state index contributed by atoms with van der Waals surface area (Å²) in [6.07, 6.45) is 3.83. The second-order valence-electron chi connectivity index (χ2n) is 9.32. The van der Waals surface area contributed by atoms with Gasteiger partial charge in [0.25, 0.3) is 5.69 Å². The highest BCUT2D eigenvalue weighted by atomic mass is 32.2. The molecule has 1 saturated heterocycles. The number of nitrogens with zero attached hydrogens (tertiary/aromatic N) is 4. The van der Waals surface area contributed by atoms with E-state index in [0.717, 1.165) is 38.3 Å². The van der Waals surface area contributed by atoms with Crippen LogP contribution >= 0.6 is 24.0 Å². The van der Waals surface area contributed by atoms with Gasteiger partial charge in [0, 0.05) is 45.7 Å². The minimum Gasteiger partial charge on any atom is -0.495 e. The Labute approximate surface area is 246 Å². The van der Waals surface area contributed by atoms with E-state index in [1.807, 2.05) is 79.0 Å². The van der Waals surface area contributed by atoms with E-state index >= 15 is 0 Å². The third kappa shape index (κ3) is 5.27. The van der Waals surface area contributed by atoms with Crippen LogP contribution < -0.4 is 15.0 Å². The number of rotatable bonds is 8. The largest absolute Gasteiger partial charge is 0.495 e. The van der Waals surface area contributed by atoms with Crippen molar-refractivity contribution in [2.45, 2.75) is 21.9 Å². The fourth-order valence-corrected chi connectivity index (χ4v) is 6.23. The minimum absolute atomic E-state index is 0.0751. The summed E-state index contributed by atoms with van der Waals surface area (Å²) in [4.78, 5) is 19.3. The predicted molar refractivity (Wildman–Crippen MR) is 164 cm³/mol. The summed E-state index contributed by atoms with van der Waals surface area (Å²) in [6, 6.07) is 32.3. The van der Waals surface area contributed by atoms with Gasteiger partial charge in [-0.05, 0) is 85.0 Å². The summed E-state index contributed by atoms with van der Waals surface area (Å²) in [5.74, 6) is 0.770. The van der Waals surface area contributed by atoms with Crippen LogP contribution in [0.1, 0.15) is 23.5 Å². The maximum atomic E-state index is 11.0. The number of methoxy groups -OCH3 is 1. The third-order valence-electron chi connectivity index (χ3n) is 6.92. The first kappa shape index (κ1) is 26.5. The maximum absolute atomic E-state index is 11.0. The van der Waals surface area contributed by atoms with Gasteiger partial charge in [-0.3, -0.25) is 15.1 Å². The molecule has 3 heterocycles. The van der Waals surface area contributed by atoms with Crippen molar-refractivity contribution in [1.29, 1.82) is 0 Å². The molecule has 0 radical (unpaired) electrons. The van der Waals surface area contributed by atoms with Crippen LogP contribution in [-0.4, -0.2) is 26.7 Å². The van der Waals surface area contributed by atoms with Gasteiger partial charge in [-0.25, -0.2) is 0 Å². The molecular weight excluding hydrogens is 555 g/mol. The average molecular weight is 580 g/mol. The fraction of sp³-hybridized carbons (Fsp3) is 0.0968. The molecule has 0 bridgehead atoms. The molecule has 8 nitrogen and oxygen atoms in total. The zero-order chi connectivity index (χ0) is 28.3. The zero-order valence-electron chi connectivity index (χ0n) is 22.0. The Morgan fingerprint density at radius 3 is 2.32 bits per heavy atom. The van der Waals surface area contributed by atoms with Crippen molar-refractivity contribution in [2.24, 2.45) is 0 Å². The van der Waals surface area contributed by atoms with Crippen LogP contribution in [-0.2, 0) is 0 Å². The molecule has 5 aromatic rings. The van der Waals surface area contributed by atoms with Crippen LogP contribution in [0.15, 0.2) is 125 Å². The highest BCUT2D eigenvalue weighted by Crippen LogP contribution is 2.43. The van der Waals surface area contributed by atoms with Crippen molar-refractivity contribution in [1.82, 2.24) is 14.9 Å². The lowest BCUT2D eigenvalue weighted by molar-refractivity contribution is -0.384. The normalized spacial score (nSPS) is 16.4. The number of anilines is 1. The summed E-state index contributed by atoms with van der Waals surface area (Å²) in [7, 11) is 1.67. The number of aromatic nitrogens is 2. The molecule has 2 aromatic heterocycles. The average Bonchev–Trinajstić information content (AvgIpc) is 3.62. The smallest absolute Gasteiger partial charge is 0.269 e. The summed E-state index contributed by atoms with van der Waals surface area (Å²) in [6.45, 7) is 0. The fourth-order valence-electron chi connectivity index (χ4n) is 5.06. The number of non-ortho nitro benzene ring substituents is 1. The van der Waals surface area contributed by atoms with E-state index in [2.05, 4.69) is 25.8 Å². The van der Waals surface area contributed by atoms with Crippen LogP contribution in [0, 0.1) is 10.1 Å². The first-order chi connectivity index (χ1) is 20.0. The Morgan fingerprint density at radius 1 is 0.927 bits per heavy atom. The van der Waals surface area contributed by atoms with Gasteiger partial charge >= 0.3 is 0 Å². The molecule has 1 fully saturated rings. The van der Waals surface area contributed by atoms with Crippen LogP contribution in [0.3, 0.4) is 0 Å². The highest BCUT2D eigenvalue weighted by Gasteiger charge is 2.42. The number of ether oxygens (including phenoxy) is 1. The number of nitrogens with one attached hydrogen (secondary N) is 1. The minimum atomic E-state index is -0.394. The first-order valence-corrected chi connectivity index (χ1v) is 14.1. The summed E-state index contributed by atoms with van der Waals surface area (Å²) >= 11 is 7.47. The lowest BCUT2D eigenvalue weighted by atomic mass is 10.0. The van der Waals surface area contributed by atoms with Gasteiger partial charge < -0.3 is 19.5 Å². The van der Waals surface area contributed by atoms with E-state index in [-0.39, 0.29) is 17.8 Å². The van der Waals surface area contributed by atoms with Gasteiger partial charge in [0.2, 0.25) is 0 Å². The molecule has 0 saturated carbocycles. The standard InChI is InChI=1S/C31H25N5O3S2/c1-39-28-10-3-2-8-26(28)34-20-6-9-27(34)30-29(25-7-4-5-19-32-25)33-31(40)35(30)21-11-15-23(16-12-21)41-24-17-13-22(14-18-24)36(37)38/h2-20,29-30H,1H3,(H,33,40)/t29-,30-/m0/s1. The van der Waals surface area contributed by atoms with Crippen LogP contribution in [0.25, 0.3) is 5.69 Å². The third-order valence-corrected chi connectivity index (χ3v) is 8.25. The molecule has 1 aliphatic heterocycles. The lowest BCUT2D eigenvalue weighted by Gasteiger charge is -2.29. The molecule has 1 aliphatic rings. The summed E-state index contributed by atoms with van der Waals surface area (Å²) < 4.78 is 7.83. The van der Waals surface area contributed by atoms with Gasteiger partial charge in [0.05, 0.1) is 29.5 Å². The number of benzene rings is 3. The Balaban J connectivity index is 1.37. The molecule has 41 heavy (non-hydrogen) atoms. The molecule has 0 unspecified atom stereocenters. The Morgan fingerprint density at radius 2 is 1.63 bits per heavy atom. The zero-order valence-corrected chi connectivity index (χ0v) is 23.6. The number of nitro benzene ring substituents is 1. The van der Waals surface area contributed by atoms with Crippen molar-refractivity contribution in [2.75, 3.05) is 12.0 Å². The molecule has 0 spiro atoms. The maximum Gasteiger partial charge on any atom is 0.269 e. The number of pyridine rings is 1. The van der Waals surface area contributed by atoms with Gasteiger partial charge in [0.15, 0.2) is 5.11 Å². The van der Waals surface area contributed by atoms with Crippen molar-refractivity contribution in [3.63, 3.8) is 0 Å². The van der Waals surface area contributed by atoms with Gasteiger partial charge in [-0.15, -0.1) is 0 Å². The van der Waals surface area contributed by atoms with Crippen molar-refractivity contribution in [3.05, 3.63) is 137 Å². The molecule has 2 atom stereocenters. The van der Waals surface area contributed by atoms with Crippen LogP contribution in [0.4, 0.5) is 11.4 Å². The predicted octanol–water partition coefficient (Wildman–Crippen LogP) is 7.12.